The van der Waals surface area contributed by atoms with Crippen LogP contribution in [0.5, 0.6) is 0 Å². The summed E-state index contributed by atoms with van der Waals surface area (Å²) in [5.41, 5.74) is 0. The van der Waals surface area contributed by atoms with Crippen LogP contribution in [0, 0.1) is 0 Å². The summed E-state index contributed by atoms with van der Waals surface area (Å²) >= 11 is 4.65. The number of carboxylic acids is 1. The van der Waals surface area contributed by atoms with Gasteiger partial charge in [-0.1, -0.05) is 0 Å². The molecule has 0 saturated carbocycles. The van der Waals surface area contributed by atoms with E-state index in [2.05, 4.69) is 21.2 Å². The minimum absolute atomic E-state index is 0.114. The third-order valence-electron chi connectivity index (χ3n) is 1.93. The van der Waals surface area contributed by atoms with Gasteiger partial charge >= 0.3 is 5.97 Å². The number of aliphatic carboxylic acids is 1. The molecule has 0 bridgehead atoms. The molecule has 0 aromatic carbocycles. The molecule has 1 aromatic heterocycles. The van der Waals surface area contributed by atoms with Gasteiger partial charge in [-0.05, 0) is 40.2 Å². The monoisotopic (exact) mass is 305 g/mol. The number of carboxylic acid groups (broad SMARTS) is 1. The summed E-state index contributed by atoms with van der Waals surface area (Å²) in [4.78, 5) is 22.5. The third-order valence-corrected chi connectivity index (χ3v) is 3.76. The van der Waals surface area contributed by atoms with E-state index in [4.69, 9.17) is 5.11 Å². The molecule has 1 rings (SSSR count). The number of hydrogen-bond donors (Lipinski definition) is 2. The van der Waals surface area contributed by atoms with E-state index in [1.807, 2.05) is 11.4 Å². The molecule has 4 nitrogen and oxygen atoms in total. The Balaban J connectivity index is 2.21. The second-order valence-electron chi connectivity index (χ2n) is 3.20. The average molecular weight is 306 g/mol. The molecule has 0 saturated heterocycles. The number of carbonyl (C=O) groups is 2. The molecule has 0 fully saturated rings. The normalized spacial score (nSPS) is 10.1. The van der Waals surface area contributed by atoms with Gasteiger partial charge < -0.3 is 10.4 Å². The van der Waals surface area contributed by atoms with Gasteiger partial charge in [0, 0.05) is 17.4 Å². The van der Waals surface area contributed by atoms with Crippen LogP contribution in [-0.2, 0) is 4.79 Å². The Labute approximate surface area is 106 Å². The summed E-state index contributed by atoms with van der Waals surface area (Å²) in [5, 5.41) is 13.0. The molecule has 88 valence electrons. The first-order valence-corrected chi connectivity index (χ1v) is 6.51. The van der Waals surface area contributed by atoms with Crippen LogP contribution in [0.4, 0.5) is 0 Å². The highest BCUT2D eigenvalue weighted by Gasteiger charge is 2.10. The summed E-state index contributed by atoms with van der Waals surface area (Å²) in [5.74, 6) is -0.912. The second kappa shape index (κ2) is 6.65. The molecule has 0 aliphatic carbocycles. The highest BCUT2D eigenvalue weighted by atomic mass is 79.9. The number of amides is 1. The van der Waals surface area contributed by atoms with Crippen molar-refractivity contribution in [2.45, 2.75) is 19.3 Å². The van der Waals surface area contributed by atoms with Crippen LogP contribution in [0.2, 0.25) is 0 Å². The highest BCUT2D eigenvalue weighted by Crippen LogP contribution is 2.22. The first-order chi connectivity index (χ1) is 7.61. The van der Waals surface area contributed by atoms with E-state index >= 15 is 0 Å². The molecular formula is C10H12BrNO3S. The Bertz CT molecular complexity index is 378. The molecule has 1 heterocycles. The fourth-order valence-corrected chi connectivity index (χ4v) is 2.61. The molecule has 6 heteroatoms. The smallest absolute Gasteiger partial charge is 0.303 e. The molecule has 0 unspecified atom stereocenters. The van der Waals surface area contributed by atoms with Crippen LogP contribution >= 0.6 is 27.3 Å². The van der Waals surface area contributed by atoms with Gasteiger partial charge in [0.05, 0.1) is 0 Å². The van der Waals surface area contributed by atoms with Crippen molar-refractivity contribution in [1.29, 1.82) is 0 Å². The number of carbonyl (C=O) groups excluding carboxylic acids is 1. The molecular weight excluding hydrogens is 294 g/mol. The lowest BCUT2D eigenvalue weighted by atomic mass is 10.2. The van der Waals surface area contributed by atoms with Gasteiger partial charge in [0.1, 0.15) is 4.88 Å². The Morgan fingerprint density at radius 1 is 1.44 bits per heavy atom. The summed E-state index contributed by atoms with van der Waals surface area (Å²) in [6.45, 7) is 0.510. The Kier molecular flexibility index (Phi) is 5.48. The predicted molar refractivity (Wildman–Crippen MR) is 65.8 cm³/mol. The quantitative estimate of drug-likeness (QED) is 0.794. The maximum atomic E-state index is 11.6. The SMILES string of the molecule is O=C(O)CCCCNC(=O)c1sccc1Br. The van der Waals surface area contributed by atoms with E-state index in [-0.39, 0.29) is 12.3 Å². The fourth-order valence-electron chi connectivity index (χ4n) is 1.14. The Morgan fingerprint density at radius 2 is 2.19 bits per heavy atom. The first kappa shape index (κ1) is 13.2. The van der Waals surface area contributed by atoms with Crippen molar-refractivity contribution in [1.82, 2.24) is 5.32 Å². The number of rotatable bonds is 6. The van der Waals surface area contributed by atoms with E-state index in [9.17, 15) is 9.59 Å². The van der Waals surface area contributed by atoms with E-state index < -0.39 is 5.97 Å². The molecule has 1 amide bonds. The molecule has 2 N–H and O–H groups in total. The standard InChI is InChI=1S/C10H12BrNO3S/c11-7-4-6-16-9(7)10(15)12-5-2-1-3-8(13)14/h4,6H,1-3,5H2,(H,12,15)(H,13,14). The fraction of sp³-hybridized carbons (Fsp3) is 0.400. The summed E-state index contributed by atoms with van der Waals surface area (Å²) in [7, 11) is 0. The maximum absolute atomic E-state index is 11.6. The number of nitrogens with one attached hydrogen (secondary N) is 1. The number of hydrogen-bond acceptors (Lipinski definition) is 3. The Morgan fingerprint density at radius 3 is 2.75 bits per heavy atom. The van der Waals surface area contributed by atoms with Gasteiger partial charge in [-0.25, -0.2) is 0 Å². The van der Waals surface area contributed by atoms with Crippen LogP contribution in [0.25, 0.3) is 0 Å². The molecule has 0 radical (unpaired) electrons. The van der Waals surface area contributed by atoms with Gasteiger partial charge in [0.2, 0.25) is 0 Å². The van der Waals surface area contributed by atoms with Crippen LogP contribution in [0.1, 0.15) is 28.9 Å². The summed E-state index contributed by atoms with van der Waals surface area (Å²) in [6, 6.07) is 1.82. The molecule has 0 aliphatic rings. The van der Waals surface area contributed by atoms with Gasteiger partial charge in [0.25, 0.3) is 5.91 Å². The van der Waals surface area contributed by atoms with Crippen molar-refractivity contribution < 1.29 is 14.7 Å². The molecule has 0 aliphatic heterocycles. The largest absolute Gasteiger partial charge is 0.481 e. The molecule has 16 heavy (non-hydrogen) atoms. The maximum Gasteiger partial charge on any atom is 0.303 e. The van der Waals surface area contributed by atoms with Crippen LogP contribution in [0.3, 0.4) is 0 Å². The average Bonchev–Trinajstić information content (AvgIpc) is 2.63. The Hall–Kier alpha value is -0.880. The van der Waals surface area contributed by atoms with Crippen molar-refractivity contribution >= 4 is 39.1 Å². The number of thiophene rings is 1. The zero-order valence-electron chi connectivity index (χ0n) is 8.53. The molecule has 0 spiro atoms. The topological polar surface area (TPSA) is 66.4 Å². The van der Waals surface area contributed by atoms with Crippen molar-refractivity contribution in [3.63, 3.8) is 0 Å². The van der Waals surface area contributed by atoms with E-state index in [1.165, 1.54) is 11.3 Å². The van der Waals surface area contributed by atoms with Crippen LogP contribution in [-0.4, -0.2) is 23.5 Å². The lowest BCUT2D eigenvalue weighted by Crippen LogP contribution is -2.23. The van der Waals surface area contributed by atoms with Gasteiger partial charge in [0.15, 0.2) is 0 Å². The zero-order valence-corrected chi connectivity index (χ0v) is 10.9. The lowest BCUT2D eigenvalue weighted by molar-refractivity contribution is -0.137. The van der Waals surface area contributed by atoms with Crippen LogP contribution < -0.4 is 5.32 Å². The highest BCUT2D eigenvalue weighted by molar-refractivity contribution is 9.10. The van der Waals surface area contributed by atoms with Crippen molar-refractivity contribution in [2.24, 2.45) is 0 Å². The molecule has 1 aromatic rings. The van der Waals surface area contributed by atoms with E-state index in [0.717, 1.165) is 4.47 Å². The summed E-state index contributed by atoms with van der Waals surface area (Å²) < 4.78 is 0.792. The van der Waals surface area contributed by atoms with Gasteiger partial charge in [-0.3, -0.25) is 9.59 Å². The second-order valence-corrected chi connectivity index (χ2v) is 4.97. The third kappa shape index (κ3) is 4.32. The van der Waals surface area contributed by atoms with Crippen molar-refractivity contribution in [3.05, 3.63) is 20.8 Å². The van der Waals surface area contributed by atoms with E-state index in [1.54, 1.807) is 0 Å². The predicted octanol–water partition coefficient (Wildman–Crippen LogP) is 2.50. The lowest BCUT2D eigenvalue weighted by Gasteiger charge is -2.02. The van der Waals surface area contributed by atoms with Crippen LogP contribution in [0.15, 0.2) is 15.9 Å². The minimum atomic E-state index is -0.799. The van der Waals surface area contributed by atoms with Crippen molar-refractivity contribution in [2.75, 3.05) is 6.54 Å². The van der Waals surface area contributed by atoms with E-state index in [0.29, 0.717) is 24.3 Å². The summed E-state index contributed by atoms with van der Waals surface area (Å²) in [6.07, 6.45) is 1.42. The molecule has 0 atom stereocenters. The zero-order chi connectivity index (χ0) is 12.0. The van der Waals surface area contributed by atoms with Gasteiger partial charge in [-0.15, -0.1) is 11.3 Å². The first-order valence-electron chi connectivity index (χ1n) is 4.84. The van der Waals surface area contributed by atoms with Gasteiger partial charge in [-0.2, -0.15) is 0 Å². The number of halogens is 1. The minimum Gasteiger partial charge on any atom is -0.481 e. The van der Waals surface area contributed by atoms with Crippen molar-refractivity contribution in [3.8, 4) is 0 Å². The number of unbranched alkanes of at least 4 members (excludes halogenated alkanes) is 1.